The summed E-state index contributed by atoms with van der Waals surface area (Å²) in [5, 5.41) is 0.125. The summed E-state index contributed by atoms with van der Waals surface area (Å²) in [6.07, 6.45) is 6.80. The van der Waals surface area contributed by atoms with Crippen molar-refractivity contribution in [2.24, 2.45) is 7.05 Å². The molecule has 0 aromatic carbocycles. The van der Waals surface area contributed by atoms with Crippen LogP contribution in [0.3, 0.4) is 0 Å². The summed E-state index contributed by atoms with van der Waals surface area (Å²) in [6.45, 7) is 0.627. The van der Waals surface area contributed by atoms with Crippen molar-refractivity contribution in [2.45, 2.75) is 24.6 Å². The Kier molecular flexibility index (Phi) is 4.98. The van der Waals surface area contributed by atoms with Gasteiger partial charge in [0.05, 0.1) is 12.0 Å². The second-order valence-corrected chi connectivity index (χ2v) is 4.02. The van der Waals surface area contributed by atoms with Crippen LogP contribution in [-0.4, -0.2) is 28.6 Å². The number of hydrogen-bond donors (Lipinski definition) is 0. The highest BCUT2D eigenvalue weighted by atomic mass is 35.5. The summed E-state index contributed by atoms with van der Waals surface area (Å²) >= 11 is 6.01. The number of rotatable bonds is 6. The molecule has 0 aliphatic heterocycles. The molecule has 1 aromatic rings. The lowest BCUT2D eigenvalue weighted by Crippen LogP contribution is -2.08. The molecule has 1 unspecified atom stereocenters. The predicted molar refractivity (Wildman–Crippen MR) is 57.7 cm³/mol. The van der Waals surface area contributed by atoms with Crippen molar-refractivity contribution in [2.75, 3.05) is 13.7 Å². The van der Waals surface area contributed by atoms with Crippen LogP contribution in [0.1, 0.15) is 18.7 Å². The highest BCUT2D eigenvalue weighted by molar-refractivity contribution is 6.20. The smallest absolute Gasteiger partial charge is 0.108 e. The molecule has 0 spiro atoms. The average Bonchev–Trinajstić information content (AvgIpc) is 2.52. The van der Waals surface area contributed by atoms with E-state index in [4.69, 9.17) is 16.3 Å². The van der Waals surface area contributed by atoms with E-state index in [1.165, 1.54) is 0 Å². The van der Waals surface area contributed by atoms with Crippen LogP contribution in [0, 0.1) is 0 Å². The van der Waals surface area contributed by atoms with Crippen LogP contribution in [-0.2, 0) is 18.2 Å². The topological polar surface area (TPSA) is 27.1 Å². The van der Waals surface area contributed by atoms with Gasteiger partial charge in [-0.05, 0) is 12.8 Å². The number of nitrogens with zero attached hydrogens (tertiary/aromatic N) is 2. The van der Waals surface area contributed by atoms with Gasteiger partial charge in [0.25, 0.3) is 0 Å². The minimum Gasteiger partial charge on any atom is -0.383 e. The first-order chi connectivity index (χ1) is 6.74. The monoisotopic (exact) mass is 216 g/mol. The van der Waals surface area contributed by atoms with Gasteiger partial charge in [-0.3, -0.25) is 0 Å². The van der Waals surface area contributed by atoms with Gasteiger partial charge in [-0.1, -0.05) is 0 Å². The number of hydrogen-bond acceptors (Lipinski definition) is 2. The number of halogens is 1. The maximum atomic E-state index is 6.01. The molecule has 0 N–H and O–H groups in total. The van der Waals surface area contributed by atoms with Gasteiger partial charge in [-0.2, -0.15) is 0 Å². The molecule has 1 heterocycles. The van der Waals surface area contributed by atoms with Crippen molar-refractivity contribution in [1.29, 1.82) is 0 Å². The molecule has 0 aliphatic carbocycles. The number of methoxy groups -OCH3 is 1. The fraction of sp³-hybridized carbons (Fsp3) is 0.700. The van der Waals surface area contributed by atoms with Crippen LogP contribution < -0.4 is 0 Å². The Morgan fingerprint density at radius 2 is 2.43 bits per heavy atom. The Bertz CT molecular complexity index is 262. The van der Waals surface area contributed by atoms with Gasteiger partial charge in [-0.15, -0.1) is 11.6 Å². The van der Waals surface area contributed by atoms with Crippen LogP contribution in [0.25, 0.3) is 0 Å². The van der Waals surface area contributed by atoms with E-state index in [-0.39, 0.29) is 5.38 Å². The van der Waals surface area contributed by atoms with E-state index in [0.717, 1.165) is 25.1 Å². The molecule has 0 aliphatic rings. The molecule has 0 amide bonds. The van der Waals surface area contributed by atoms with E-state index >= 15 is 0 Å². The molecule has 0 bridgehead atoms. The lowest BCUT2D eigenvalue weighted by atomic mass is 10.2. The van der Waals surface area contributed by atoms with Crippen LogP contribution in [0.15, 0.2) is 12.4 Å². The molecule has 0 saturated carbocycles. The maximum absolute atomic E-state index is 6.01. The van der Waals surface area contributed by atoms with Gasteiger partial charge >= 0.3 is 0 Å². The standard InChI is InChI=1S/C10H17ClN2O/c1-13-7-6-12-10(13)5-3-4-9(11)8-14-2/h6-7,9H,3-5,8H2,1-2H3. The number of imidazole rings is 1. The third-order valence-electron chi connectivity index (χ3n) is 2.19. The molecule has 1 atom stereocenters. The zero-order valence-corrected chi connectivity index (χ0v) is 9.50. The van der Waals surface area contributed by atoms with Gasteiger partial charge < -0.3 is 9.30 Å². The van der Waals surface area contributed by atoms with Gasteiger partial charge in [0.2, 0.25) is 0 Å². The molecule has 3 nitrogen and oxygen atoms in total. The summed E-state index contributed by atoms with van der Waals surface area (Å²) in [6, 6.07) is 0. The third kappa shape index (κ3) is 3.68. The lowest BCUT2D eigenvalue weighted by Gasteiger charge is -2.07. The number of ether oxygens (including phenoxy) is 1. The van der Waals surface area contributed by atoms with Crippen LogP contribution >= 0.6 is 11.6 Å². The van der Waals surface area contributed by atoms with E-state index in [9.17, 15) is 0 Å². The van der Waals surface area contributed by atoms with Gasteiger partial charge in [0.1, 0.15) is 5.82 Å². The maximum Gasteiger partial charge on any atom is 0.108 e. The van der Waals surface area contributed by atoms with Gasteiger partial charge in [-0.25, -0.2) is 4.98 Å². The Hall–Kier alpha value is -0.540. The van der Waals surface area contributed by atoms with Gasteiger partial charge in [0.15, 0.2) is 0 Å². The van der Waals surface area contributed by atoms with E-state index in [1.54, 1.807) is 7.11 Å². The van der Waals surface area contributed by atoms with E-state index in [1.807, 2.05) is 24.0 Å². The normalized spacial score (nSPS) is 13.1. The second kappa shape index (κ2) is 6.04. The highest BCUT2D eigenvalue weighted by Crippen LogP contribution is 2.09. The summed E-state index contributed by atoms with van der Waals surface area (Å²) < 4.78 is 7.00. The molecule has 1 aromatic heterocycles. The number of aryl methyl sites for hydroxylation is 2. The van der Waals surface area contributed by atoms with E-state index in [2.05, 4.69) is 4.98 Å². The Labute approximate surface area is 90.0 Å². The Morgan fingerprint density at radius 3 is 3.00 bits per heavy atom. The highest BCUT2D eigenvalue weighted by Gasteiger charge is 2.05. The average molecular weight is 217 g/mol. The van der Waals surface area contributed by atoms with Crippen molar-refractivity contribution < 1.29 is 4.74 Å². The van der Waals surface area contributed by atoms with Crippen LogP contribution in [0.5, 0.6) is 0 Å². The van der Waals surface area contributed by atoms with Crippen molar-refractivity contribution in [3.8, 4) is 0 Å². The van der Waals surface area contributed by atoms with E-state index < -0.39 is 0 Å². The first kappa shape index (κ1) is 11.5. The largest absolute Gasteiger partial charge is 0.383 e. The summed E-state index contributed by atoms with van der Waals surface area (Å²) in [5.41, 5.74) is 0. The Balaban J connectivity index is 2.19. The molecular formula is C10H17ClN2O. The molecule has 1 rings (SSSR count). The molecule has 0 saturated heterocycles. The van der Waals surface area contributed by atoms with Crippen molar-refractivity contribution in [3.63, 3.8) is 0 Å². The van der Waals surface area contributed by atoms with Gasteiger partial charge in [0, 0.05) is 33.0 Å². The molecule has 14 heavy (non-hydrogen) atoms. The predicted octanol–water partition coefficient (Wildman–Crippen LogP) is 2.00. The Morgan fingerprint density at radius 1 is 1.64 bits per heavy atom. The van der Waals surface area contributed by atoms with Crippen molar-refractivity contribution >= 4 is 11.6 Å². The first-order valence-electron chi connectivity index (χ1n) is 4.83. The summed E-state index contributed by atoms with van der Waals surface area (Å²) in [5.74, 6) is 1.12. The lowest BCUT2D eigenvalue weighted by molar-refractivity contribution is 0.195. The minimum absolute atomic E-state index is 0.125. The summed E-state index contributed by atoms with van der Waals surface area (Å²) in [7, 11) is 3.68. The molecule has 0 fully saturated rings. The quantitative estimate of drug-likeness (QED) is 0.681. The fourth-order valence-corrected chi connectivity index (χ4v) is 1.66. The zero-order chi connectivity index (χ0) is 10.4. The fourth-order valence-electron chi connectivity index (χ4n) is 1.38. The second-order valence-electron chi connectivity index (χ2n) is 3.40. The summed E-state index contributed by atoms with van der Waals surface area (Å²) in [4.78, 5) is 4.25. The van der Waals surface area contributed by atoms with Crippen LogP contribution in [0.2, 0.25) is 0 Å². The molecule has 80 valence electrons. The molecular weight excluding hydrogens is 200 g/mol. The first-order valence-corrected chi connectivity index (χ1v) is 5.27. The minimum atomic E-state index is 0.125. The van der Waals surface area contributed by atoms with Crippen molar-refractivity contribution in [3.05, 3.63) is 18.2 Å². The van der Waals surface area contributed by atoms with E-state index in [0.29, 0.717) is 6.61 Å². The van der Waals surface area contributed by atoms with Crippen LogP contribution in [0.4, 0.5) is 0 Å². The number of aromatic nitrogens is 2. The molecule has 4 heteroatoms. The molecule has 0 radical (unpaired) electrons. The number of alkyl halides is 1. The third-order valence-corrected chi connectivity index (χ3v) is 2.53. The zero-order valence-electron chi connectivity index (χ0n) is 8.74. The SMILES string of the molecule is COCC(Cl)CCCc1nccn1C. The van der Waals surface area contributed by atoms with Crippen molar-refractivity contribution in [1.82, 2.24) is 9.55 Å².